The van der Waals surface area contributed by atoms with Crippen molar-refractivity contribution >= 4 is 28.9 Å². The molecule has 222 valence electrons. The van der Waals surface area contributed by atoms with E-state index in [9.17, 15) is 24.8 Å². The molecule has 11 heteroatoms. The third kappa shape index (κ3) is 6.48. The van der Waals surface area contributed by atoms with Gasteiger partial charge in [-0.25, -0.2) is 9.78 Å². The Morgan fingerprint density at radius 3 is 2.49 bits per heavy atom. The standard InChI is InChI=1S/C30H42N6O5/c1-20(2)18-35(28(38)26-32-22-9-6-7-10-23(22)34(26)12-8-11-31)24-17-21(27(37)33-13-15-41-16-14-33)19-36(29(39)40)25(24)30(3,4)5/h6-7,9-10,20-21,24-25H,8,12-19H2,1-5H3,(H,39,40)/t21-,24+,25?/m1/s1. The van der Waals surface area contributed by atoms with Gasteiger partial charge in [-0.3, -0.25) is 9.59 Å². The number of likely N-dealkylation sites (tertiary alicyclic amines) is 1. The Kier molecular flexibility index (Phi) is 9.22. The lowest BCUT2D eigenvalue weighted by Crippen LogP contribution is -2.66. The lowest BCUT2D eigenvalue weighted by Gasteiger charge is -2.52. The number of carbonyl (C=O) groups excluding carboxylic acids is 2. The number of amides is 3. The monoisotopic (exact) mass is 566 g/mol. The molecule has 1 N–H and O–H groups in total. The van der Waals surface area contributed by atoms with Crippen molar-refractivity contribution in [3.05, 3.63) is 30.1 Å². The predicted molar refractivity (Wildman–Crippen MR) is 153 cm³/mol. The summed E-state index contributed by atoms with van der Waals surface area (Å²) in [5, 5.41) is 19.7. The topological polar surface area (TPSA) is 132 Å². The van der Waals surface area contributed by atoms with Gasteiger partial charge in [0.05, 0.1) is 54.7 Å². The number of para-hydroxylation sites is 2. The molecule has 11 nitrogen and oxygen atoms in total. The van der Waals surface area contributed by atoms with E-state index in [2.05, 4.69) is 6.07 Å². The van der Waals surface area contributed by atoms with Crippen LogP contribution < -0.4 is 0 Å². The summed E-state index contributed by atoms with van der Waals surface area (Å²) < 4.78 is 7.21. The third-order valence-electron chi connectivity index (χ3n) is 7.96. The van der Waals surface area contributed by atoms with Crippen LogP contribution in [0.2, 0.25) is 0 Å². The first kappa shape index (κ1) is 30.3. The maximum absolute atomic E-state index is 14.5. The molecule has 0 radical (unpaired) electrons. The van der Waals surface area contributed by atoms with Crippen LogP contribution in [0.15, 0.2) is 24.3 Å². The van der Waals surface area contributed by atoms with Gasteiger partial charge in [0.15, 0.2) is 5.82 Å². The lowest BCUT2D eigenvalue weighted by molar-refractivity contribution is -0.144. The first-order valence-corrected chi connectivity index (χ1v) is 14.4. The molecule has 2 fully saturated rings. The van der Waals surface area contributed by atoms with Crippen molar-refractivity contribution < 1.29 is 24.2 Å². The molecule has 3 heterocycles. The fraction of sp³-hybridized carbons (Fsp3) is 0.633. The highest BCUT2D eigenvalue weighted by molar-refractivity contribution is 5.95. The predicted octanol–water partition coefficient (Wildman–Crippen LogP) is 3.69. The van der Waals surface area contributed by atoms with Crippen molar-refractivity contribution in [2.75, 3.05) is 39.4 Å². The molecule has 2 aliphatic rings. The highest BCUT2D eigenvalue weighted by Gasteiger charge is 2.50. The normalized spacial score (nSPS) is 21.6. The molecule has 2 saturated heterocycles. The molecule has 2 aliphatic heterocycles. The van der Waals surface area contributed by atoms with E-state index in [1.54, 1.807) is 14.4 Å². The molecule has 0 spiro atoms. The molecular weight excluding hydrogens is 524 g/mol. The van der Waals surface area contributed by atoms with Crippen LogP contribution in [0.5, 0.6) is 0 Å². The number of fused-ring (bicyclic) bond motifs is 1. The van der Waals surface area contributed by atoms with Crippen molar-refractivity contribution in [1.82, 2.24) is 24.3 Å². The molecule has 2 aromatic rings. The van der Waals surface area contributed by atoms with Crippen molar-refractivity contribution in [1.29, 1.82) is 5.26 Å². The Morgan fingerprint density at radius 1 is 1.20 bits per heavy atom. The van der Waals surface area contributed by atoms with Crippen LogP contribution in [-0.4, -0.2) is 98.7 Å². The van der Waals surface area contributed by atoms with Crippen LogP contribution in [0.3, 0.4) is 0 Å². The first-order chi connectivity index (χ1) is 19.4. The van der Waals surface area contributed by atoms with Gasteiger partial charge in [-0.1, -0.05) is 46.8 Å². The number of ether oxygens (including phenoxy) is 1. The van der Waals surface area contributed by atoms with Gasteiger partial charge in [0.25, 0.3) is 5.91 Å². The largest absolute Gasteiger partial charge is 0.465 e. The number of imidazole rings is 1. The van der Waals surface area contributed by atoms with Gasteiger partial charge in [0.1, 0.15) is 0 Å². The van der Waals surface area contributed by atoms with Gasteiger partial charge in [-0.2, -0.15) is 5.26 Å². The van der Waals surface area contributed by atoms with Crippen LogP contribution in [0.25, 0.3) is 11.0 Å². The van der Waals surface area contributed by atoms with Crippen LogP contribution in [0.1, 0.15) is 58.1 Å². The highest BCUT2D eigenvalue weighted by atomic mass is 16.5. The third-order valence-corrected chi connectivity index (χ3v) is 7.96. The molecule has 1 unspecified atom stereocenters. The van der Waals surface area contributed by atoms with Gasteiger partial charge < -0.3 is 29.1 Å². The van der Waals surface area contributed by atoms with Crippen LogP contribution in [0, 0.1) is 28.6 Å². The molecule has 41 heavy (non-hydrogen) atoms. The van der Waals surface area contributed by atoms with E-state index in [1.165, 1.54) is 4.90 Å². The molecule has 0 saturated carbocycles. The minimum Gasteiger partial charge on any atom is -0.465 e. The molecular formula is C30H42N6O5. The fourth-order valence-electron chi connectivity index (χ4n) is 6.33. The summed E-state index contributed by atoms with van der Waals surface area (Å²) in [6, 6.07) is 8.49. The molecule has 1 aromatic heterocycles. The van der Waals surface area contributed by atoms with Crippen LogP contribution in [0.4, 0.5) is 4.79 Å². The molecule has 0 bridgehead atoms. The molecule has 3 amide bonds. The zero-order chi connectivity index (χ0) is 29.9. The van der Waals surface area contributed by atoms with Gasteiger partial charge in [0.2, 0.25) is 5.91 Å². The van der Waals surface area contributed by atoms with Crippen LogP contribution in [-0.2, 0) is 16.1 Å². The number of carboxylic acid groups (broad SMARTS) is 1. The summed E-state index contributed by atoms with van der Waals surface area (Å²) in [6.07, 6.45) is -0.548. The number of carbonyl (C=O) groups is 3. The Labute approximate surface area is 241 Å². The number of benzene rings is 1. The first-order valence-electron chi connectivity index (χ1n) is 14.4. The minimum absolute atomic E-state index is 0.0742. The van der Waals surface area contributed by atoms with Crippen molar-refractivity contribution in [3.8, 4) is 6.07 Å². The number of aryl methyl sites for hydroxylation is 1. The summed E-state index contributed by atoms with van der Waals surface area (Å²) >= 11 is 0. The number of piperidine rings is 1. The zero-order valence-electron chi connectivity index (χ0n) is 24.7. The zero-order valence-corrected chi connectivity index (χ0v) is 24.7. The fourth-order valence-corrected chi connectivity index (χ4v) is 6.33. The second-order valence-corrected chi connectivity index (χ2v) is 12.5. The van der Waals surface area contributed by atoms with Crippen molar-refractivity contribution in [2.24, 2.45) is 17.3 Å². The Bertz CT molecular complexity index is 1300. The van der Waals surface area contributed by atoms with E-state index in [-0.39, 0.29) is 36.5 Å². The van der Waals surface area contributed by atoms with Crippen LogP contribution >= 0.6 is 0 Å². The summed E-state index contributed by atoms with van der Waals surface area (Å²) in [5.74, 6) is -0.719. The Morgan fingerprint density at radius 2 is 1.88 bits per heavy atom. The summed E-state index contributed by atoms with van der Waals surface area (Å²) in [5.41, 5.74) is 0.896. The maximum Gasteiger partial charge on any atom is 0.407 e. The summed E-state index contributed by atoms with van der Waals surface area (Å²) in [4.78, 5) is 50.5. The second kappa shape index (κ2) is 12.5. The Hall–Kier alpha value is -3.65. The number of hydrogen-bond acceptors (Lipinski definition) is 6. The van der Waals surface area contributed by atoms with Gasteiger partial charge in [-0.05, 0) is 29.9 Å². The quantitative estimate of drug-likeness (QED) is 0.541. The van der Waals surface area contributed by atoms with Gasteiger partial charge in [-0.15, -0.1) is 0 Å². The van der Waals surface area contributed by atoms with Gasteiger partial charge >= 0.3 is 6.09 Å². The second-order valence-electron chi connectivity index (χ2n) is 12.5. The van der Waals surface area contributed by atoms with Crippen molar-refractivity contribution in [2.45, 2.75) is 66.1 Å². The number of nitriles is 1. The number of hydrogen-bond donors (Lipinski definition) is 1. The van der Waals surface area contributed by atoms with E-state index < -0.39 is 29.5 Å². The van der Waals surface area contributed by atoms with E-state index >= 15 is 0 Å². The number of rotatable bonds is 7. The number of aromatic nitrogens is 2. The summed E-state index contributed by atoms with van der Waals surface area (Å²) in [7, 11) is 0. The molecule has 4 rings (SSSR count). The van der Waals surface area contributed by atoms with Crippen molar-refractivity contribution in [3.63, 3.8) is 0 Å². The average Bonchev–Trinajstić information content (AvgIpc) is 3.31. The van der Waals surface area contributed by atoms with E-state index in [4.69, 9.17) is 9.72 Å². The van der Waals surface area contributed by atoms with Gasteiger partial charge in [0, 0.05) is 32.7 Å². The number of morpholine rings is 1. The van der Waals surface area contributed by atoms with E-state index in [0.29, 0.717) is 51.3 Å². The number of nitrogens with zero attached hydrogens (tertiary/aromatic N) is 6. The maximum atomic E-state index is 14.5. The average molecular weight is 567 g/mol. The minimum atomic E-state index is -1.10. The Balaban J connectivity index is 1.81. The molecule has 3 atom stereocenters. The summed E-state index contributed by atoms with van der Waals surface area (Å²) in [6.45, 7) is 12.5. The smallest absolute Gasteiger partial charge is 0.407 e. The van der Waals surface area contributed by atoms with E-state index in [1.807, 2.05) is 58.9 Å². The van der Waals surface area contributed by atoms with E-state index in [0.717, 1.165) is 5.52 Å². The lowest BCUT2D eigenvalue weighted by atomic mass is 9.74. The molecule has 0 aliphatic carbocycles. The highest BCUT2D eigenvalue weighted by Crippen LogP contribution is 2.38. The SMILES string of the molecule is CC(C)CN(C(=O)c1nc2ccccc2n1CCC#N)[C@H]1C[C@@H](C(=O)N2CCOCC2)CN(C(=O)O)C1C(C)(C)C. The molecule has 1 aromatic carbocycles.